The number of hydrogen-bond donors (Lipinski definition) is 6. The van der Waals surface area contributed by atoms with E-state index in [-0.39, 0.29) is 41.5 Å². The number of primary amides is 2. The van der Waals surface area contributed by atoms with E-state index in [1.165, 1.54) is 50.0 Å². The standard InChI is InChI=1S/C20H21F2N5O3.C12H16F2N2.C8H7N3O4/c1-11-10-27(16(6-20(11,21)22)13-4-3-12(2)25-8-13)19(30)18(29)26-15-5-14(17(23)28)7-24-9-15;1-8-6-16-11(5-12(8,13)14)10-4-3-9(2)15-7-10;9-6(12)4-1-5(3-10-2-4)11-7(13)8(14)15/h3-5,7-9,11,16H,6,10H2,1-2H3,(H2,23,28)(H,26,29);3-4,7-8,11,16H,5-6H2,1-2H3;1-3H,(H2,9,12)(H,11,13)(H,14,15)/t11-,16-;8-,11-;/m00./s1. The Morgan fingerprint density at radius 2 is 1.21 bits per heavy atom. The number of hydrogen-bond acceptors (Lipinski definition) is 11. The molecule has 17 nitrogen and oxygen atoms in total. The molecule has 2 saturated heterocycles. The van der Waals surface area contributed by atoms with Gasteiger partial charge in [0.25, 0.3) is 11.8 Å². The van der Waals surface area contributed by atoms with Crippen LogP contribution in [0.25, 0.3) is 0 Å². The predicted molar refractivity (Wildman–Crippen MR) is 211 cm³/mol. The van der Waals surface area contributed by atoms with Crippen LogP contribution < -0.4 is 27.4 Å². The molecular weight excluding hydrogens is 808 g/mol. The fourth-order valence-corrected chi connectivity index (χ4v) is 6.04. The highest BCUT2D eigenvalue weighted by atomic mass is 19.3. The molecule has 2 fully saturated rings. The third-order valence-corrected chi connectivity index (χ3v) is 9.77. The first-order valence-electron chi connectivity index (χ1n) is 18.6. The number of rotatable bonds is 6. The first-order chi connectivity index (χ1) is 28.6. The number of likely N-dealkylation sites (tertiary alicyclic amines) is 1. The molecule has 6 heterocycles. The lowest BCUT2D eigenvalue weighted by atomic mass is 9.87. The van der Waals surface area contributed by atoms with Gasteiger partial charge in [-0.2, -0.15) is 0 Å². The Hall–Kier alpha value is -6.90. The number of aliphatic carboxylic acids is 1. The van der Waals surface area contributed by atoms with Gasteiger partial charge in [-0.1, -0.05) is 26.0 Å². The van der Waals surface area contributed by atoms with Gasteiger partial charge in [0.15, 0.2) is 0 Å². The zero-order chi connectivity index (χ0) is 45.2. The van der Waals surface area contributed by atoms with E-state index in [1.807, 2.05) is 24.4 Å². The van der Waals surface area contributed by atoms with Gasteiger partial charge in [-0.05, 0) is 49.2 Å². The minimum absolute atomic E-state index is 0.0510. The number of carbonyl (C=O) groups excluding carboxylic acids is 5. The van der Waals surface area contributed by atoms with Crippen molar-refractivity contribution in [2.24, 2.45) is 23.3 Å². The highest BCUT2D eigenvalue weighted by molar-refractivity contribution is 6.39. The van der Waals surface area contributed by atoms with Crippen LogP contribution in [0.3, 0.4) is 0 Å². The molecule has 2 aliphatic heterocycles. The summed E-state index contributed by atoms with van der Waals surface area (Å²) in [6, 6.07) is 8.23. The Bertz CT molecular complexity index is 2250. The van der Waals surface area contributed by atoms with E-state index in [0.717, 1.165) is 16.2 Å². The highest BCUT2D eigenvalue weighted by Gasteiger charge is 2.49. The molecule has 0 spiro atoms. The van der Waals surface area contributed by atoms with Crippen LogP contribution in [0.5, 0.6) is 0 Å². The predicted octanol–water partition coefficient (Wildman–Crippen LogP) is 3.97. The van der Waals surface area contributed by atoms with Crippen molar-refractivity contribution in [3.8, 4) is 0 Å². The van der Waals surface area contributed by atoms with E-state index in [9.17, 15) is 46.3 Å². The van der Waals surface area contributed by atoms with Crippen LogP contribution in [-0.4, -0.2) is 90.4 Å². The minimum atomic E-state index is -3.00. The van der Waals surface area contributed by atoms with Crippen molar-refractivity contribution < 1.29 is 51.4 Å². The first-order valence-corrected chi connectivity index (χ1v) is 18.6. The second-order valence-corrected chi connectivity index (χ2v) is 14.5. The summed E-state index contributed by atoms with van der Waals surface area (Å²) in [5.74, 6) is -13.6. The molecule has 0 aromatic carbocycles. The Kier molecular flexibility index (Phi) is 15.3. The Morgan fingerprint density at radius 1 is 0.721 bits per heavy atom. The van der Waals surface area contributed by atoms with Gasteiger partial charge in [0.05, 0.1) is 40.9 Å². The average Bonchev–Trinajstić information content (AvgIpc) is 3.20. The number of piperidine rings is 2. The van der Waals surface area contributed by atoms with E-state index in [2.05, 4.69) is 30.6 Å². The number of pyridine rings is 4. The Morgan fingerprint density at radius 3 is 1.67 bits per heavy atom. The number of carboxylic acid groups (broad SMARTS) is 1. The summed E-state index contributed by atoms with van der Waals surface area (Å²) in [6.07, 6.45) is 7.23. The van der Waals surface area contributed by atoms with Crippen LogP contribution >= 0.6 is 0 Å². The largest absolute Gasteiger partial charge is 0.474 e. The summed E-state index contributed by atoms with van der Waals surface area (Å²) in [5, 5.41) is 15.8. The maximum absolute atomic E-state index is 14.4. The molecule has 4 aromatic rings. The number of aryl methyl sites for hydroxylation is 2. The molecule has 0 radical (unpaired) electrons. The van der Waals surface area contributed by atoms with Crippen LogP contribution in [0, 0.1) is 25.7 Å². The number of nitrogens with zero attached hydrogens (tertiary/aromatic N) is 5. The lowest BCUT2D eigenvalue weighted by Crippen LogP contribution is -2.52. The zero-order valence-corrected chi connectivity index (χ0v) is 33.4. The van der Waals surface area contributed by atoms with Gasteiger partial charge >= 0.3 is 23.7 Å². The quantitative estimate of drug-likeness (QED) is 0.119. The maximum atomic E-state index is 14.4. The van der Waals surface area contributed by atoms with Gasteiger partial charge in [-0.15, -0.1) is 0 Å². The van der Waals surface area contributed by atoms with Crippen LogP contribution in [0.15, 0.2) is 73.6 Å². The molecule has 4 atom stereocenters. The lowest BCUT2D eigenvalue weighted by Gasteiger charge is -2.42. The molecule has 0 bridgehead atoms. The normalized spacial score (nSPS) is 20.0. The Labute approximate surface area is 346 Å². The lowest BCUT2D eigenvalue weighted by molar-refractivity contribution is -0.159. The van der Waals surface area contributed by atoms with Crippen molar-refractivity contribution in [2.45, 2.75) is 64.5 Å². The summed E-state index contributed by atoms with van der Waals surface area (Å²) < 4.78 is 55.9. The SMILES string of the molecule is Cc1ccc([C@@H]2CC(F)(F)[C@@H](C)CN2)cn1.Cc1ccc([C@@H]2CC(F)(F)[C@@H](C)CN2C(=O)C(=O)Nc2cncc(C(N)=O)c2)cn1.NC(=O)c1cncc(NC(=O)C(=O)O)c1. The van der Waals surface area contributed by atoms with Gasteiger partial charge in [0.1, 0.15) is 0 Å². The zero-order valence-electron chi connectivity index (χ0n) is 33.4. The second kappa shape index (κ2) is 19.9. The van der Waals surface area contributed by atoms with Crippen molar-refractivity contribution in [1.82, 2.24) is 30.2 Å². The summed E-state index contributed by atoms with van der Waals surface area (Å²) in [7, 11) is 0. The molecule has 0 unspecified atom stereocenters. The van der Waals surface area contributed by atoms with Gasteiger partial charge in [-0.3, -0.25) is 43.9 Å². The number of anilines is 2. The Balaban J connectivity index is 0.000000222. The number of amides is 5. The van der Waals surface area contributed by atoms with E-state index >= 15 is 0 Å². The maximum Gasteiger partial charge on any atom is 0.394 e. The van der Waals surface area contributed by atoms with Crippen LogP contribution in [0.2, 0.25) is 0 Å². The molecule has 0 aliphatic carbocycles. The fourth-order valence-electron chi connectivity index (χ4n) is 6.04. The van der Waals surface area contributed by atoms with Crippen molar-refractivity contribution in [1.29, 1.82) is 0 Å². The topological polar surface area (TPSA) is 266 Å². The van der Waals surface area contributed by atoms with E-state index < -0.39 is 71.6 Å². The number of halogens is 4. The smallest absolute Gasteiger partial charge is 0.394 e. The number of nitrogens with one attached hydrogen (secondary N) is 3. The van der Waals surface area contributed by atoms with Gasteiger partial charge < -0.3 is 37.4 Å². The van der Waals surface area contributed by atoms with Gasteiger partial charge in [0, 0.05) is 80.0 Å². The molecule has 61 heavy (non-hydrogen) atoms. The molecule has 6 rings (SSSR count). The minimum Gasteiger partial charge on any atom is -0.474 e. The van der Waals surface area contributed by atoms with Crippen LogP contribution in [0.4, 0.5) is 28.9 Å². The molecular formula is C40H44F4N10O7. The van der Waals surface area contributed by atoms with E-state index in [1.54, 1.807) is 32.2 Å². The first kappa shape index (κ1) is 46.8. The molecule has 8 N–H and O–H groups in total. The van der Waals surface area contributed by atoms with Gasteiger partial charge in [0.2, 0.25) is 11.8 Å². The molecule has 324 valence electrons. The van der Waals surface area contributed by atoms with Crippen molar-refractivity contribution >= 4 is 46.9 Å². The second-order valence-electron chi connectivity index (χ2n) is 14.5. The average molecular weight is 853 g/mol. The molecule has 2 aliphatic rings. The fraction of sp³-hybridized carbons (Fsp3) is 0.350. The molecule has 4 aromatic heterocycles. The molecule has 0 saturated carbocycles. The number of aromatic nitrogens is 4. The summed E-state index contributed by atoms with van der Waals surface area (Å²) in [5.41, 5.74) is 13.3. The summed E-state index contributed by atoms with van der Waals surface area (Å²) in [6.45, 7) is 6.61. The van der Waals surface area contributed by atoms with Crippen LogP contribution in [-0.2, 0) is 19.2 Å². The third-order valence-electron chi connectivity index (χ3n) is 9.77. The molecule has 21 heteroatoms. The van der Waals surface area contributed by atoms with E-state index in [4.69, 9.17) is 16.6 Å². The number of alkyl halides is 4. The monoisotopic (exact) mass is 852 g/mol. The van der Waals surface area contributed by atoms with Gasteiger partial charge in [-0.25, -0.2) is 22.4 Å². The van der Waals surface area contributed by atoms with Crippen molar-refractivity contribution in [3.05, 3.63) is 107 Å². The highest BCUT2D eigenvalue weighted by Crippen LogP contribution is 2.43. The number of carboxylic acids is 1. The number of carbonyl (C=O) groups is 6. The van der Waals surface area contributed by atoms with Crippen molar-refractivity contribution in [3.63, 3.8) is 0 Å². The summed E-state index contributed by atoms with van der Waals surface area (Å²) in [4.78, 5) is 85.1. The van der Waals surface area contributed by atoms with E-state index in [0.29, 0.717) is 17.8 Å². The molecule has 5 amide bonds. The summed E-state index contributed by atoms with van der Waals surface area (Å²) >= 11 is 0. The van der Waals surface area contributed by atoms with Crippen LogP contribution in [0.1, 0.15) is 82.0 Å². The third kappa shape index (κ3) is 12.8. The number of nitrogens with two attached hydrogens (primary N) is 2. The van der Waals surface area contributed by atoms with Crippen molar-refractivity contribution in [2.75, 3.05) is 23.7 Å².